The Morgan fingerprint density at radius 3 is 2.52 bits per heavy atom. The normalized spacial score (nSPS) is 13.5. The van der Waals surface area contributed by atoms with Gasteiger partial charge in [0, 0.05) is 12.1 Å². The molecule has 6 heteroatoms. The van der Waals surface area contributed by atoms with Gasteiger partial charge in [0.1, 0.15) is 17.2 Å². The first kappa shape index (κ1) is 15.6. The molecule has 1 unspecified atom stereocenters. The minimum atomic E-state index is -0.975. The van der Waals surface area contributed by atoms with E-state index in [0.29, 0.717) is 18.1 Å². The highest BCUT2D eigenvalue weighted by Gasteiger charge is 2.23. The number of nitrogens with one attached hydrogen (secondary N) is 1. The summed E-state index contributed by atoms with van der Waals surface area (Å²) in [5.74, 6) is 0.294. The minimum absolute atomic E-state index is 0.282. The lowest BCUT2D eigenvalue weighted by molar-refractivity contribution is 0.0719. The van der Waals surface area contributed by atoms with E-state index in [1.54, 1.807) is 36.5 Å². The number of benzene rings is 1. The van der Waals surface area contributed by atoms with Crippen LogP contribution >= 0.6 is 11.3 Å². The average molecular weight is 329 g/mol. The van der Waals surface area contributed by atoms with Gasteiger partial charge in [0.2, 0.25) is 0 Å². The summed E-state index contributed by atoms with van der Waals surface area (Å²) in [6.07, 6.45) is 0. The Balaban J connectivity index is 1.67. The van der Waals surface area contributed by atoms with Crippen molar-refractivity contribution in [2.45, 2.75) is 12.5 Å². The summed E-state index contributed by atoms with van der Waals surface area (Å²) >= 11 is 1.55. The molecule has 3 aromatic rings. The van der Waals surface area contributed by atoms with E-state index in [9.17, 15) is 9.50 Å². The van der Waals surface area contributed by atoms with Gasteiger partial charge in [-0.15, -0.1) is 10.2 Å². The van der Waals surface area contributed by atoms with E-state index in [-0.39, 0.29) is 5.82 Å². The van der Waals surface area contributed by atoms with Gasteiger partial charge in [-0.05, 0) is 65.7 Å². The molecule has 4 nitrogen and oxygen atoms in total. The topological polar surface area (TPSA) is 58.0 Å². The summed E-state index contributed by atoms with van der Waals surface area (Å²) < 4.78 is 12.9. The van der Waals surface area contributed by atoms with Crippen LogP contribution < -0.4 is 5.32 Å². The Labute approximate surface area is 137 Å². The number of anilines is 1. The summed E-state index contributed by atoms with van der Waals surface area (Å²) in [4.78, 5) is 0. The largest absolute Gasteiger partial charge is 0.384 e. The van der Waals surface area contributed by atoms with E-state index in [4.69, 9.17) is 0 Å². The molecular weight excluding hydrogens is 313 g/mol. The zero-order chi connectivity index (χ0) is 16.3. The highest BCUT2D eigenvalue weighted by molar-refractivity contribution is 7.08. The molecule has 0 aliphatic carbocycles. The van der Waals surface area contributed by atoms with Crippen LogP contribution in [-0.2, 0) is 5.60 Å². The third kappa shape index (κ3) is 3.72. The number of rotatable bonds is 5. The zero-order valence-corrected chi connectivity index (χ0v) is 13.3. The van der Waals surface area contributed by atoms with Gasteiger partial charge in [0.25, 0.3) is 0 Å². The molecule has 3 rings (SSSR count). The van der Waals surface area contributed by atoms with Crippen molar-refractivity contribution in [3.8, 4) is 11.3 Å². The number of thiophene rings is 1. The highest BCUT2D eigenvalue weighted by atomic mass is 32.1. The molecule has 0 fully saturated rings. The van der Waals surface area contributed by atoms with Gasteiger partial charge in [0.05, 0.1) is 5.69 Å². The molecule has 0 saturated heterocycles. The molecule has 0 aliphatic heterocycles. The molecule has 23 heavy (non-hydrogen) atoms. The van der Waals surface area contributed by atoms with E-state index in [1.807, 2.05) is 22.9 Å². The van der Waals surface area contributed by atoms with Crippen LogP contribution in [-0.4, -0.2) is 21.8 Å². The standard InChI is InChI=1S/C17H16FN3OS/c1-17(22,13-8-9-23-10-13)11-19-16-7-6-15(20-21-16)12-2-4-14(18)5-3-12/h2-10,22H,11H2,1H3,(H,19,21). The molecule has 0 amide bonds. The van der Waals surface area contributed by atoms with Crippen LogP contribution in [0.1, 0.15) is 12.5 Å². The third-order valence-corrected chi connectivity index (χ3v) is 4.24. The smallest absolute Gasteiger partial charge is 0.148 e. The van der Waals surface area contributed by atoms with Crippen molar-refractivity contribution < 1.29 is 9.50 Å². The number of halogens is 1. The molecule has 1 atom stereocenters. The van der Waals surface area contributed by atoms with Gasteiger partial charge in [-0.2, -0.15) is 11.3 Å². The number of aliphatic hydroxyl groups is 1. The Kier molecular flexibility index (Phi) is 4.36. The fourth-order valence-electron chi connectivity index (χ4n) is 2.14. The van der Waals surface area contributed by atoms with Crippen LogP contribution in [0, 0.1) is 5.82 Å². The molecule has 118 valence electrons. The second kappa shape index (κ2) is 6.44. The minimum Gasteiger partial charge on any atom is -0.384 e. The molecule has 0 radical (unpaired) electrons. The van der Waals surface area contributed by atoms with Crippen LogP contribution in [0.25, 0.3) is 11.3 Å². The summed E-state index contributed by atoms with van der Waals surface area (Å²) in [5.41, 5.74) is 1.36. The third-order valence-electron chi connectivity index (χ3n) is 3.56. The first-order valence-corrected chi connectivity index (χ1v) is 8.07. The summed E-state index contributed by atoms with van der Waals surface area (Å²) in [7, 11) is 0. The molecular formula is C17H16FN3OS. The lowest BCUT2D eigenvalue weighted by Crippen LogP contribution is -2.30. The van der Waals surface area contributed by atoms with Crippen LogP contribution in [0.5, 0.6) is 0 Å². The Hall–Kier alpha value is -2.31. The summed E-state index contributed by atoms with van der Waals surface area (Å²) in [5, 5.41) is 25.6. The first-order valence-electron chi connectivity index (χ1n) is 7.13. The van der Waals surface area contributed by atoms with Crippen LogP contribution in [0.15, 0.2) is 53.2 Å². The molecule has 2 heterocycles. The van der Waals surface area contributed by atoms with E-state index < -0.39 is 5.60 Å². The van der Waals surface area contributed by atoms with Crippen LogP contribution in [0.2, 0.25) is 0 Å². The maximum atomic E-state index is 12.9. The molecule has 2 aromatic heterocycles. The Morgan fingerprint density at radius 2 is 1.91 bits per heavy atom. The summed E-state index contributed by atoms with van der Waals surface area (Å²) in [6, 6.07) is 11.6. The fraction of sp³-hybridized carbons (Fsp3) is 0.176. The quantitative estimate of drug-likeness (QED) is 0.750. The highest BCUT2D eigenvalue weighted by Crippen LogP contribution is 2.23. The SMILES string of the molecule is CC(O)(CNc1ccc(-c2ccc(F)cc2)nn1)c1ccsc1. The number of aromatic nitrogens is 2. The van der Waals surface area contributed by atoms with Crippen molar-refractivity contribution >= 4 is 17.2 Å². The van der Waals surface area contributed by atoms with E-state index in [1.165, 1.54) is 12.1 Å². The number of nitrogens with zero attached hydrogens (tertiary/aromatic N) is 2. The van der Waals surface area contributed by atoms with Gasteiger partial charge < -0.3 is 10.4 Å². The van der Waals surface area contributed by atoms with Gasteiger partial charge in [0.15, 0.2) is 0 Å². The maximum Gasteiger partial charge on any atom is 0.148 e. The lowest BCUT2D eigenvalue weighted by atomic mass is 9.99. The van der Waals surface area contributed by atoms with Crippen LogP contribution in [0.4, 0.5) is 10.2 Å². The Morgan fingerprint density at radius 1 is 1.13 bits per heavy atom. The van der Waals surface area contributed by atoms with Crippen molar-refractivity contribution in [1.82, 2.24) is 10.2 Å². The van der Waals surface area contributed by atoms with E-state index in [0.717, 1.165) is 11.1 Å². The van der Waals surface area contributed by atoms with Crippen molar-refractivity contribution in [2.75, 3.05) is 11.9 Å². The zero-order valence-electron chi connectivity index (χ0n) is 12.5. The molecule has 2 N–H and O–H groups in total. The van der Waals surface area contributed by atoms with E-state index >= 15 is 0 Å². The van der Waals surface area contributed by atoms with Gasteiger partial charge in [-0.1, -0.05) is 0 Å². The number of hydrogen-bond acceptors (Lipinski definition) is 5. The number of hydrogen-bond donors (Lipinski definition) is 2. The molecule has 0 bridgehead atoms. The molecule has 0 aliphatic rings. The molecule has 0 spiro atoms. The van der Waals surface area contributed by atoms with Crippen molar-refractivity contribution in [2.24, 2.45) is 0 Å². The summed E-state index contributed by atoms with van der Waals surface area (Å²) in [6.45, 7) is 2.08. The van der Waals surface area contributed by atoms with Gasteiger partial charge in [-0.25, -0.2) is 4.39 Å². The van der Waals surface area contributed by atoms with Crippen molar-refractivity contribution in [3.63, 3.8) is 0 Å². The fourth-order valence-corrected chi connectivity index (χ4v) is 2.92. The van der Waals surface area contributed by atoms with Crippen molar-refractivity contribution in [1.29, 1.82) is 0 Å². The average Bonchev–Trinajstić information content (AvgIpc) is 3.10. The van der Waals surface area contributed by atoms with Gasteiger partial charge >= 0.3 is 0 Å². The second-order valence-corrected chi connectivity index (χ2v) is 6.23. The molecule has 0 saturated carbocycles. The molecule has 1 aromatic carbocycles. The first-order chi connectivity index (χ1) is 11.0. The predicted octanol–water partition coefficient (Wildman–Crippen LogP) is 3.66. The maximum absolute atomic E-state index is 12.9. The van der Waals surface area contributed by atoms with Crippen molar-refractivity contribution in [3.05, 3.63) is 64.6 Å². The van der Waals surface area contributed by atoms with E-state index in [2.05, 4.69) is 15.5 Å². The monoisotopic (exact) mass is 329 g/mol. The lowest BCUT2D eigenvalue weighted by Gasteiger charge is -2.22. The van der Waals surface area contributed by atoms with Gasteiger partial charge in [-0.3, -0.25) is 0 Å². The predicted molar refractivity (Wildman–Crippen MR) is 89.8 cm³/mol. The second-order valence-electron chi connectivity index (χ2n) is 5.45. The Bertz CT molecular complexity index is 756. The van der Waals surface area contributed by atoms with Crippen LogP contribution in [0.3, 0.4) is 0 Å².